The van der Waals surface area contributed by atoms with Gasteiger partial charge in [0.15, 0.2) is 0 Å². The smallest absolute Gasteiger partial charge is 0.310 e. The maximum absolute atomic E-state index is 11.0. The first-order chi connectivity index (χ1) is 7.68. The molecule has 1 N–H and O–H groups in total. The lowest BCUT2D eigenvalue weighted by atomic mass is 10.1. The number of para-hydroxylation sites is 1. The first-order valence-corrected chi connectivity index (χ1v) is 5.63. The predicted molar refractivity (Wildman–Crippen MR) is 60.6 cm³/mol. The zero-order valence-electron chi connectivity index (χ0n) is 9.35. The Kier molecular flexibility index (Phi) is 3.13. The van der Waals surface area contributed by atoms with Crippen molar-refractivity contribution in [1.82, 2.24) is 0 Å². The van der Waals surface area contributed by atoms with Crippen molar-refractivity contribution in [2.45, 2.75) is 32.3 Å². The molecule has 2 unspecified atom stereocenters. The van der Waals surface area contributed by atoms with Crippen LogP contribution in [0.25, 0.3) is 0 Å². The Bertz CT molecular complexity index is 387. The minimum Gasteiger partial charge on any atom is -0.489 e. The summed E-state index contributed by atoms with van der Waals surface area (Å²) in [4.78, 5) is 11.0. The van der Waals surface area contributed by atoms with Crippen molar-refractivity contribution >= 4 is 5.97 Å². The molecule has 1 saturated carbocycles. The van der Waals surface area contributed by atoms with Crippen molar-refractivity contribution in [3.8, 4) is 5.75 Å². The van der Waals surface area contributed by atoms with Gasteiger partial charge < -0.3 is 9.84 Å². The van der Waals surface area contributed by atoms with Crippen LogP contribution < -0.4 is 4.74 Å². The number of carboxylic acids is 1. The summed E-state index contributed by atoms with van der Waals surface area (Å²) in [5.41, 5.74) is 1.05. The fourth-order valence-corrected chi connectivity index (χ4v) is 2.20. The molecule has 2 atom stereocenters. The van der Waals surface area contributed by atoms with E-state index in [1.807, 2.05) is 31.2 Å². The largest absolute Gasteiger partial charge is 0.489 e. The molecule has 3 nitrogen and oxygen atoms in total. The number of ether oxygens (including phenoxy) is 1. The third-order valence-electron chi connectivity index (χ3n) is 3.14. The fraction of sp³-hybridized carbons (Fsp3) is 0.462. The molecule has 1 aliphatic carbocycles. The number of hydrogen-bond donors (Lipinski definition) is 1. The highest BCUT2D eigenvalue weighted by molar-refractivity contribution is 5.71. The van der Waals surface area contributed by atoms with E-state index in [0.29, 0.717) is 0 Å². The summed E-state index contributed by atoms with van der Waals surface area (Å²) in [5.74, 6) is -0.281. The molecule has 0 heterocycles. The second-order valence-electron chi connectivity index (χ2n) is 4.30. The van der Waals surface area contributed by atoms with E-state index in [2.05, 4.69) is 0 Å². The SMILES string of the molecule is Cc1ccccc1OC1CCCC1C(=O)O. The van der Waals surface area contributed by atoms with E-state index in [-0.39, 0.29) is 12.0 Å². The van der Waals surface area contributed by atoms with E-state index >= 15 is 0 Å². The number of hydrogen-bond acceptors (Lipinski definition) is 2. The summed E-state index contributed by atoms with van der Waals surface area (Å²) in [5, 5.41) is 9.05. The highest BCUT2D eigenvalue weighted by Crippen LogP contribution is 2.31. The Morgan fingerprint density at radius 2 is 2.12 bits per heavy atom. The predicted octanol–water partition coefficient (Wildman–Crippen LogP) is 2.63. The molecule has 0 aromatic heterocycles. The van der Waals surface area contributed by atoms with E-state index < -0.39 is 5.97 Å². The van der Waals surface area contributed by atoms with Gasteiger partial charge in [-0.2, -0.15) is 0 Å². The molecule has 0 amide bonds. The third kappa shape index (κ3) is 2.18. The summed E-state index contributed by atoms with van der Waals surface area (Å²) in [7, 11) is 0. The molecule has 0 bridgehead atoms. The number of aliphatic carboxylic acids is 1. The van der Waals surface area contributed by atoms with E-state index in [1.165, 1.54) is 0 Å². The molecule has 0 spiro atoms. The maximum atomic E-state index is 11.0. The number of carbonyl (C=O) groups is 1. The summed E-state index contributed by atoms with van der Waals surface area (Å²) in [6.07, 6.45) is 2.34. The molecule has 0 radical (unpaired) electrons. The average molecular weight is 220 g/mol. The van der Waals surface area contributed by atoms with Crippen LogP contribution in [0.15, 0.2) is 24.3 Å². The van der Waals surface area contributed by atoms with Crippen molar-refractivity contribution in [1.29, 1.82) is 0 Å². The lowest BCUT2D eigenvalue weighted by Gasteiger charge is -2.19. The number of aryl methyl sites for hydroxylation is 1. The van der Waals surface area contributed by atoms with Crippen molar-refractivity contribution in [3.63, 3.8) is 0 Å². The number of rotatable bonds is 3. The van der Waals surface area contributed by atoms with Crippen LogP contribution in [-0.2, 0) is 4.79 Å². The van der Waals surface area contributed by atoms with Crippen LogP contribution in [0.2, 0.25) is 0 Å². The minimum absolute atomic E-state index is 0.168. The van der Waals surface area contributed by atoms with Crippen LogP contribution in [0.1, 0.15) is 24.8 Å². The normalized spacial score (nSPS) is 24.3. The molecular formula is C13H16O3. The van der Waals surface area contributed by atoms with E-state index in [1.54, 1.807) is 0 Å². The summed E-state index contributed by atoms with van der Waals surface area (Å²) in [6.45, 7) is 1.97. The zero-order chi connectivity index (χ0) is 11.5. The molecular weight excluding hydrogens is 204 g/mol. The van der Waals surface area contributed by atoms with Crippen LogP contribution in [0, 0.1) is 12.8 Å². The Morgan fingerprint density at radius 3 is 2.81 bits per heavy atom. The van der Waals surface area contributed by atoms with Gasteiger partial charge in [-0.1, -0.05) is 18.2 Å². The van der Waals surface area contributed by atoms with E-state index in [0.717, 1.165) is 30.6 Å². The first-order valence-electron chi connectivity index (χ1n) is 5.63. The second-order valence-corrected chi connectivity index (χ2v) is 4.30. The van der Waals surface area contributed by atoms with Gasteiger partial charge in [0.2, 0.25) is 0 Å². The second kappa shape index (κ2) is 4.56. The van der Waals surface area contributed by atoms with Gasteiger partial charge >= 0.3 is 5.97 Å². The molecule has 1 aliphatic rings. The molecule has 1 aromatic rings. The standard InChI is InChI=1S/C13H16O3/c1-9-5-2-3-7-11(9)16-12-8-4-6-10(12)13(14)15/h2-3,5,7,10,12H,4,6,8H2,1H3,(H,14,15). The molecule has 0 saturated heterocycles. The Hall–Kier alpha value is -1.51. The lowest BCUT2D eigenvalue weighted by Crippen LogP contribution is -2.28. The Balaban J connectivity index is 2.10. The molecule has 1 aromatic carbocycles. The van der Waals surface area contributed by atoms with Crippen LogP contribution in [0.5, 0.6) is 5.75 Å². The van der Waals surface area contributed by atoms with Crippen LogP contribution >= 0.6 is 0 Å². The molecule has 86 valence electrons. The maximum Gasteiger partial charge on any atom is 0.310 e. The highest BCUT2D eigenvalue weighted by atomic mass is 16.5. The Labute approximate surface area is 95.0 Å². The topological polar surface area (TPSA) is 46.5 Å². The van der Waals surface area contributed by atoms with E-state index in [4.69, 9.17) is 9.84 Å². The quantitative estimate of drug-likeness (QED) is 0.851. The van der Waals surface area contributed by atoms with Crippen LogP contribution in [0.4, 0.5) is 0 Å². The average Bonchev–Trinajstić information content (AvgIpc) is 2.69. The summed E-state index contributed by atoms with van der Waals surface area (Å²) < 4.78 is 5.80. The monoisotopic (exact) mass is 220 g/mol. The third-order valence-corrected chi connectivity index (χ3v) is 3.14. The Morgan fingerprint density at radius 1 is 1.38 bits per heavy atom. The minimum atomic E-state index is -0.740. The van der Waals surface area contributed by atoms with Crippen LogP contribution in [0.3, 0.4) is 0 Å². The van der Waals surface area contributed by atoms with Gasteiger partial charge in [0.05, 0.1) is 5.92 Å². The summed E-state index contributed by atoms with van der Waals surface area (Å²) in [6, 6.07) is 7.73. The molecule has 3 heteroatoms. The summed E-state index contributed by atoms with van der Waals surface area (Å²) >= 11 is 0. The van der Waals surface area contributed by atoms with Gasteiger partial charge in [0.25, 0.3) is 0 Å². The van der Waals surface area contributed by atoms with Gasteiger partial charge in [-0.3, -0.25) is 4.79 Å². The van der Waals surface area contributed by atoms with Gasteiger partial charge in [-0.15, -0.1) is 0 Å². The number of benzene rings is 1. The van der Waals surface area contributed by atoms with Crippen molar-refractivity contribution < 1.29 is 14.6 Å². The number of carboxylic acid groups (broad SMARTS) is 1. The fourth-order valence-electron chi connectivity index (χ4n) is 2.20. The van der Waals surface area contributed by atoms with Gasteiger partial charge in [0, 0.05) is 0 Å². The highest BCUT2D eigenvalue weighted by Gasteiger charge is 2.34. The van der Waals surface area contributed by atoms with Gasteiger partial charge in [-0.05, 0) is 37.8 Å². The zero-order valence-corrected chi connectivity index (χ0v) is 9.35. The molecule has 1 fully saturated rings. The van der Waals surface area contributed by atoms with Crippen molar-refractivity contribution in [2.24, 2.45) is 5.92 Å². The molecule has 16 heavy (non-hydrogen) atoms. The molecule has 2 rings (SSSR count). The molecule has 0 aliphatic heterocycles. The van der Waals surface area contributed by atoms with Gasteiger partial charge in [-0.25, -0.2) is 0 Å². The van der Waals surface area contributed by atoms with Crippen molar-refractivity contribution in [2.75, 3.05) is 0 Å². The lowest BCUT2D eigenvalue weighted by molar-refractivity contribution is -0.144. The van der Waals surface area contributed by atoms with Crippen LogP contribution in [-0.4, -0.2) is 17.2 Å². The van der Waals surface area contributed by atoms with Gasteiger partial charge in [0.1, 0.15) is 11.9 Å². The first kappa shape index (κ1) is 11.0. The van der Waals surface area contributed by atoms with E-state index in [9.17, 15) is 4.79 Å². The van der Waals surface area contributed by atoms with Crippen molar-refractivity contribution in [3.05, 3.63) is 29.8 Å².